The Bertz CT molecular complexity index is 1340. The Morgan fingerprint density at radius 2 is 1.00 bits per heavy atom. The summed E-state index contributed by atoms with van der Waals surface area (Å²) in [5.74, 6) is 0. The summed E-state index contributed by atoms with van der Waals surface area (Å²) in [5, 5.41) is 8.41. The number of hydrogen-bond acceptors (Lipinski definition) is 0. The summed E-state index contributed by atoms with van der Waals surface area (Å²) in [6, 6.07) is 27.3. The third-order valence-electron chi connectivity index (χ3n) is 6.60. The lowest BCUT2D eigenvalue weighted by atomic mass is 9.37. The molecule has 0 saturated heterocycles. The third kappa shape index (κ3) is 1.92. The fourth-order valence-corrected chi connectivity index (χ4v) is 5.71. The van der Waals surface area contributed by atoms with Crippen LogP contribution in [0.5, 0.6) is 0 Å². The lowest BCUT2D eigenvalue weighted by Gasteiger charge is -2.18. The predicted octanol–water partition coefficient (Wildman–Crippen LogP) is 4.90. The first-order valence-electron chi connectivity index (χ1n) is 10.1. The van der Waals surface area contributed by atoms with Gasteiger partial charge >= 0.3 is 0 Å². The van der Waals surface area contributed by atoms with Crippen molar-refractivity contribution in [3.8, 4) is 0 Å². The zero-order chi connectivity index (χ0) is 19.0. The molecule has 0 N–H and O–H groups in total. The van der Waals surface area contributed by atoms with Crippen molar-refractivity contribution in [3.05, 3.63) is 89.5 Å². The van der Waals surface area contributed by atoms with Gasteiger partial charge in [-0.25, -0.2) is 0 Å². The molecule has 28 heavy (non-hydrogen) atoms. The van der Waals surface area contributed by atoms with Crippen molar-refractivity contribution in [2.75, 3.05) is 0 Å². The van der Waals surface area contributed by atoms with Gasteiger partial charge in [0.15, 0.2) is 0 Å². The van der Waals surface area contributed by atoms with Crippen molar-refractivity contribution in [1.82, 2.24) is 0 Å². The number of rotatable bonds is 1. The highest BCUT2D eigenvalue weighted by Crippen LogP contribution is 2.36. The van der Waals surface area contributed by atoms with E-state index in [1.807, 2.05) is 0 Å². The van der Waals surface area contributed by atoms with Crippen LogP contribution in [-0.4, -0.2) is 6.71 Å². The Balaban J connectivity index is 1.84. The van der Waals surface area contributed by atoms with Crippen molar-refractivity contribution in [1.29, 1.82) is 0 Å². The molecule has 0 atom stereocenters. The quantitative estimate of drug-likeness (QED) is 0.290. The fourth-order valence-electron chi connectivity index (χ4n) is 5.71. The molecule has 6 rings (SSSR count). The van der Waals surface area contributed by atoms with Gasteiger partial charge < -0.3 is 0 Å². The van der Waals surface area contributed by atoms with Gasteiger partial charge in [0.25, 0.3) is 0 Å². The second-order valence-corrected chi connectivity index (χ2v) is 8.33. The highest BCUT2D eigenvalue weighted by molar-refractivity contribution is 7.01. The minimum Gasteiger partial charge on any atom is -0.0663 e. The van der Waals surface area contributed by atoms with Crippen molar-refractivity contribution in [2.24, 2.45) is 0 Å². The van der Waals surface area contributed by atoms with E-state index in [0.29, 0.717) is 6.71 Å². The van der Waals surface area contributed by atoms with Gasteiger partial charge in [0.2, 0.25) is 6.71 Å². The molecule has 0 aromatic heterocycles. The van der Waals surface area contributed by atoms with Crippen LogP contribution in [0, 0.1) is 20.8 Å². The van der Waals surface area contributed by atoms with E-state index in [-0.39, 0.29) is 0 Å². The molecule has 0 spiro atoms. The lowest BCUT2D eigenvalue weighted by molar-refractivity contribution is 1.35. The van der Waals surface area contributed by atoms with Crippen molar-refractivity contribution in [2.45, 2.75) is 20.8 Å². The normalized spacial score (nSPS) is 12.8. The molecule has 5 aromatic rings. The van der Waals surface area contributed by atoms with Gasteiger partial charge in [-0.3, -0.25) is 0 Å². The van der Waals surface area contributed by atoms with E-state index in [1.54, 1.807) is 0 Å². The van der Waals surface area contributed by atoms with E-state index >= 15 is 0 Å². The van der Waals surface area contributed by atoms with Crippen molar-refractivity contribution < 1.29 is 0 Å². The molecule has 0 nitrogen and oxygen atoms in total. The molecule has 1 heteroatoms. The largest absolute Gasteiger partial charge is 0.243 e. The molecule has 0 aliphatic carbocycles. The van der Waals surface area contributed by atoms with Crippen LogP contribution in [0.1, 0.15) is 16.7 Å². The standard InChI is InChI=1S/C27H21B/c1-16-14-17(2)27(18(3)15-16)28-23-12-6-10-21-19-8-4-5-9-20(19)22-11-7-13-24(28)26(22)25(21)23/h4-15H,1-3H3. The van der Waals surface area contributed by atoms with Crippen molar-refractivity contribution >= 4 is 55.4 Å². The molecule has 1 aliphatic heterocycles. The topological polar surface area (TPSA) is 0 Å². The first-order valence-corrected chi connectivity index (χ1v) is 10.1. The highest BCUT2D eigenvalue weighted by Gasteiger charge is 2.34. The Labute approximate surface area is 165 Å². The average Bonchev–Trinajstić information content (AvgIpc) is 3.02. The summed E-state index contributed by atoms with van der Waals surface area (Å²) < 4.78 is 0. The third-order valence-corrected chi connectivity index (χ3v) is 6.60. The molecule has 132 valence electrons. The number of benzene rings is 5. The van der Waals surface area contributed by atoms with Gasteiger partial charge in [-0.2, -0.15) is 0 Å². The SMILES string of the molecule is Cc1cc(C)c(B2c3cccc4c5ccccc5c5cccc2c5c34)c(C)c1. The summed E-state index contributed by atoms with van der Waals surface area (Å²) in [7, 11) is 0. The van der Waals surface area contributed by atoms with Gasteiger partial charge in [0, 0.05) is 0 Å². The predicted molar refractivity (Wildman–Crippen MR) is 124 cm³/mol. The van der Waals surface area contributed by atoms with Crippen LogP contribution >= 0.6 is 0 Å². The van der Waals surface area contributed by atoms with Gasteiger partial charge in [0.05, 0.1) is 0 Å². The summed E-state index contributed by atoms with van der Waals surface area (Å²) in [6.07, 6.45) is 0. The molecule has 0 bridgehead atoms. The van der Waals surface area contributed by atoms with Crippen LogP contribution in [0.2, 0.25) is 0 Å². The lowest BCUT2D eigenvalue weighted by Crippen LogP contribution is -2.51. The van der Waals surface area contributed by atoms with E-state index in [9.17, 15) is 0 Å². The molecule has 5 aromatic carbocycles. The maximum absolute atomic E-state index is 2.35. The first kappa shape index (κ1) is 16.0. The van der Waals surface area contributed by atoms with Crippen LogP contribution in [0.15, 0.2) is 72.8 Å². The van der Waals surface area contributed by atoms with Crippen LogP contribution in [0.25, 0.3) is 32.3 Å². The molecule has 0 fully saturated rings. The molecule has 0 radical (unpaired) electrons. The van der Waals surface area contributed by atoms with Crippen LogP contribution < -0.4 is 16.4 Å². The van der Waals surface area contributed by atoms with E-state index in [1.165, 1.54) is 65.4 Å². The van der Waals surface area contributed by atoms with Gasteiger partial charge in [-0.15, -0.1) is 0 Å². The number of hydrogen-bond donors (Lipinski definition) is 0. The maximum Gasteiger partial charge on any atom is 0.243 e. The minimum absolute atomic E-state index is 0.319. The van der Waals surface area contributed by atoms with E-state index < -0.39 is 0 Å². The number of aryl methyl sites for hydroxylation is 3. The monoisotopic (exact) mass is 356 g/mol. The van der Waals surface area contributed by atoms with E-state index in [2.05, 4.69) is 93.6 Å². The van der Waals surface area contributed by atoms with Gasteiger partial charge in [-0.05, 0) is 53.1 Å². The zero-order valence-electron chi connectivity index (χ0n) is 16.5. The van der Waals surface area contributed by atoms with Crippen LogP contribution in [0.3, 0.4) is 0 Å². The Hall–Kier alpha value is -3.06. The van der Waals surface area contributed by atoms with Crippen LogP contribution in [0.4, 0.5) is 0 Å². The molecule has 0 amide bonds. The van der Waals surface area contributed by atoms with Crippen molar-refractivity contribution in [3.63, 3.8) is 0 Å². The molecule has 0 saturated carbocycles. The smallest absolute Gasteiger partial charge is 0.0663 e. The Morgan fingerprint density at radius 1 is 0.536 bits per heavy atom. The fraction of sp³-hybridized carbons (Fsp3) is 0.111. The Morgan fingerprint density at radius 3 is 1.50 bits per heavy atom. The summed E-state index contributed by atoms with van der Waals surface area (Å²) >= 11 is 0. The highest BCUT2D eigenvalue weighted by atomic mass is 14.2. The van der Waals surface area contributed by atoms with E-state index in [4.69, 9.17) is 0 Å². The van der Waals surface area contributed by atoms with E-state index in [0.717, 1.165) is 0 Å². The van der Waals surface area contributed by atoms with Crippen LogP contribution in [-0.2, 0) is 0 Å². The summed E-state index contributed by atoms with van der Waals surface area (Å²) in [6.45, 7) is 7.06. The first-order chi connectivity index (χ1) is 13.6. The second kappa shape index (κ2) is 5.48. The summed E-state index contributed by atoms with van der Waals surface area (Å²) in [5.41, 5.74) is 8.54. The van der Waals surface area contributed by atoms with Gasteiger partial charge in [0.1, 0.15) is 0 Å². The Kier molecular flexibility index (Phi) is 3.12. The molecule has 1 aliphatic rings. The molecule has 1 heterocycles. The minimum atomic E-state index is 0.319. The second-order valence-electron chi connectivity index (χ2n) is 8.33. The summed E-state index contributed by atoms with van der Waals surface area (Å²) in [4.78, 5) is 0. The average molecular weight is 356 g/mol. The number of fused-ring (bicyclic) bond motifs is 3. The molecular formula is C27H21B. The zero-order valence-corrected chi connectivity index (χ0v) is 16.5. The molecule has 0 unspecified atom stereocenters. The maximum atomic E-state index is 2.35. The molecular weight excluding hydrogens is 335 g/mol. The van der Waals surface area contributed by atoms with Gasteiger partial charge in [-0.1, -0.05) is 106 Å².